The summed E-state index contributed by atoms with van der Waals surface area (Å²) in [6.45, 7) is 1.69. The normalized spacial score (nSPS) is 15.9. The Kier molecular flexibility index (Phi) is 6.48. The van der Waals surface area contributed by atoms with Crippen LogP contribution in [0.4, 0.5) is 17.6 Å². The highest BCUT2D eigenvalue weighted by Gasteiger charge is 2.36. The zero-order valence-corrected chi connectivity index (χ0v) is 16.5. The smallest absolute Gasteiger partial charge is 0.303 e. The molecule has 0 aliphatic heterocycles. The molecular formula is C23H22F4O3. The van der Waals surface area contributed by atoms with Crippen molar-refractivity contribution in [3.8, 4) is 5.75 Å². The van der Waals surface area contributed by atoms with Gasteiger partial charge in [-0.2, -0.15) is 0 Å². The molecule has 30 heavy (non-hydrogen) atoms. The molecule has 1 aliphatic carbocycles. The number of halogens is 4. The molecule has 0 saturated carbocycles. The first-order valence-corrected chi connectivity index (χ1v) is 9.63. The van der Waals surface area contributed by atoms with Gasteiger partial charge < -0.3 is 9.84 Å². The lowest BCUT2D eigenvalue weighted by molar-refractivity contribution is -0.136. The van der Waals surface area contributed by atoms with Crippen LogP contribution < -0.4 is 4.74 Å². The average Bonchev–Trinajstić information content (AvgIpc) is 2.67. The van der Waals surface area contributed by atoms with Gasteiger partial charge in [-0.3, -0.25) is 4.79 Å². The summed E-state index contributed by atoms with van der Waals surface area (Å²) in [7, 11) is 0. The van der Waals surface area contributed by atoms with Crippen LogP contribution in [0.2, 0.25) is 0 Å². The van der Waals surface area contributed by atoms with Crippen LogP contribution in [0.5, 0.6) is 5.75 Å². The number of carbonyl (C=O) groups is 1. The minimum absolute atomic E-state index is 0.0131. The van der Waals surface area contributed by atoms with Crippen LogP contribution in [0.25, 0.3) is 5.57 Å². The summed E-state index contributed by atoms with van der Waals surface area (Å²) in [6, 6.07) is 8.63. The van der Waals surface area contributed by atoms with Gasteiger partial charge in [0.15, 0.2) is 11.6 Å². The van der Waals surface area contributed by atoms with Gasteiger partial charge in [0.25, 0.3) is 5.92 Å². The Morgan fingerprint density at radius 3 is 2.57 bits per heavy atom. The summed E-state index contributed by atoms with van der Waals surface area (Å²) in [6.07, 6.45) is -0.420. The Balaban J connectivity index is 1.81. The standard InChI is InChI=1S/C23H22F4O3/c1-14-10-15(3-7-22(28)29)2-6-21(14)30-13-17-12-23(26,27)9-8-18(17)16-4-5-19(24)20(25)11-16/h2,4-6,10-11H,3,7-9,12-13H2,1H3,(H,28,29). The molecule has 1 N–H and O–H groups in total. The monoisotopic (exact) mass is 422 g/mol. The van der Waals surface area contributed by atoms with Gasteiger partial charge >= 0.3 is 5.97 Å². The van der Waals surface area contributed by atoms with Gasteiger partial charge in [-0.1, -0.05) is 18.2 Å². The third-order valence-electron chi connectivity index (χ3n) is 5.18. The fourth-order valence-corrected chi connectivity index (χ4v) is 3.61. The van der Waals surface area contributed by atoms with Gasteiger partial charge in [0.1, 0.15) is 12.4 Å². The number of allylic oxidation sites excluding steroid dienone is 1. The van der Waals surface area contributed by atoms with Crippen LogP contribution in [0.15, 0.2) is 42.0 Å². The number of ether oxygens (including phenoxy) is 1. The summed E-state index contributed by atoms with van der Waals surface area (Å²) in [5.41, 5.74) is 2.88. The Bertz CT molecular complexity index is 982. The number of benzene rings is 2. The number of rotatable bonds is 7. The molecule has 2 aromatic rings. The predicted molar refractivity (Wildman–Crippen MR) is 105 cm³/mol. The molecule has 7 heteroatoms. The summed E-state index contributed by atoms with van der Waals surface area (Å²) < 4.78 is 60.7. The number of aryl methyl sites for hydroxylation is 2. The molecule has 3 rings (SSSR count). The van der Waals surface area contributed by atoms with Gasteiger partial charge in [-0.05, 0) is 65.8 Å². The van der Waals surface area contributed by atoms with Crippen LogP contribution in [0, 0.1) is 18.6 Å². The van der Waals surface area contributed by atoms with E-state index in [1.807, 2.05) is 0 Å². The van der Waals surface area contributed by atoms with E-state index in [1.165, 1.54) is 6.07 Å². The van der Waals surface area contributed by atoms with Crippen molar-refractivity contribution in [2.75, 3.05) is 6.61 Å². The van der Waals surface area contributed by atoms with E-state index in [0.29, 0.717) is 28.9 Å². The van der Waals surface area contributed by atoms with Crippen molar-refractivity contribution >= 4 is 11.5 Å². The van der Waals surface area contributed by atoms with Crippen molar-refractivity contribution in [3.05, 3.63) is 70.3 Å². The predicted octanol–water partition coefficient (Wildman–Crippen LogP) is 5.94. The maximum atomic E-state index is 14.0. The Labute approximate surface area is 172 Å². The van der Waals surface area contributed by atoms with E-state index in [4.69, 9.17) is 9.84 Å². The Morgan fingerprint density at radius 1 is 1.13 bits per heavy atom. The quantitative estimate of drug-likeness (QED) is 0.562. The minimum Gasteiger partial charge on any atom is -0.489 e. The van der Waals surface area contributed by atoms with Crippen LogP contribution >= 0.6 is 0 Å². The van der Waals surface area contributed by atoms with Crippen molar-refractivity contribution in [1.82, 2.24) is 0 Å². The maximum Gasteiger partial charge on any atom is 0.303 e. The van der Waals surface area contributed by atoms with E-state index in [2.05, 4.69) is 0 Å². The van der Waals surface area contributed by atoms with Crippen molar-refractivity contribution in [1.29, 1.82) is 0 Å². The first-order valence-electron chi connectivity index (χ1n) is 9.63. The molecule has 0 bridgehead atoms. The van der Waals surface area contributed by atoms with Crippen molar-refractivity contribution in [3.63, 3.8) is 0 Å². The van der Waals surface area contributed by atoms with Crippen molar-refractivity contribution in [2.24, 2.45) is 0 Å². The molecule has 0 aromatic heterocycles. The van der Waals surface area contributed by atoms with Gasteiger partial charge in [0.2, 0.25) is 0 Å². The molecule has 0 spiro atoms. The highest BCUT2D eigenvalue weighted by atomic mass is 19.3. The lowest BCUT2D eigenvalue weighted by Gasteiger charge is -2.28. The number of carboxylic acids is 1. The van der Waals surface area contributed by atoms with Crippen LogP contribution in [-0.2, 0) is 11.2 Å². The number of alkyl halides is 2. The number of hydrogen-bond donors (Lipinski definition) is 1. The molecule has 2 aromatic carbocycles. The molecule has 1 aliphatic rings. The lowest BCUT2D eigenvalue weighted by Crippen LogP contribution is -2.24. The highest BCUT2D eigenvalue weighted by Crippen LogP contribution is 2.41. The molecular weight excluding hydrogens is 400 g/mol. The molecule has 0 saturated heterocycles. The van der Waals surface area contributed by atoms with Crippen molar-refractivity contribution < 1.29 is 32.2 Å². The van der Waals surface area contributed by atoms with Crippen LogP contribution in [-0.4, -0.2) is 23.6 Å². The molecule has 0 amide bonds. The second-order valence-electron chi connectivity index (χ2n) is 7.53. The Morgan fingerprint density at radius 2 is 1.90 bits per heavy atom. The molecule has 0 heterocycles. The molecule has 160 valence electrons. The van der Waals surface area contributed by atoms with E-state index < -0.39 is 29.9 Å². The topological polar surface area (TPSA) is 46.5 Å². The summed E-state index contributed by atoms with van der Waals surface area (Å²) in [5, 5.41) is 8.79. The second kappa shape index (κ2) is 8.90. The first-order chi connectivity index (χ1) is 14.1. The van der Waals surface area contributed by atoms with E-state index in [0.717, 1.165) is 23.3 Å². The van der Waals surface area contributed by atoms with Gasteiger partial charge in [0.05, 0.1) is 0 Å². The highest BCUT2D eigenvalue weighted by molar-refractivity contribution is 5.70. The second-order valence-corrected chi connectivity index (χ2v) is 7.53. The zero-order valence-electron chi connectivity index (χ0n) is 16.5. The molecule has 0 atom stereocenters. The van der Waals surface area contributed by atoms with Crippen LogP contribution in [0.3, 0.4) is 0 Å². The van der Waals surface area contributed by atoms with E-state index in [9.17, 15) is 22.4 Å². The first kappa shape index (κ1) is 21.9. The summed E-state index contributed by atoms with van der Waals surface area (Å²) >= 11 is 0. The molecule has 3 nitrogen and oxygen atoms in total. The Hall–Kier alpha value is -2.83. The van der Waals surface area contributed by atoms with E-state index in [-0.39, 0.29) is 25.9 Å². The zero-order chi connectivity index (χ0) is 21.9. The summed E-state index contributed by atoms with van der Waals surface area (Å²) in [5.74, 6) is -5.28. The van der Waals surface area contributed by atoms with Crippen LogP contribution in [0.1, 0.15) is 42.4 Å². The number of aliphatic carboxylic acids is 1. The largest absolute Gasteiger partial charge is 0.489 e. The van der Waals surface area contributed by atoms with Gasteiger partial charge in [-0.25, -0.2) is 17.6 Å². The minimum atomic E-state index is -2.88. The third kappa shape index (κ3) is 5.40. The molecule has 0 unspecified atom stereocenters. The number of carboxylic acid groups (broad SMARTS) is 1. The molecule has 0 radical (unpaired) electrons. The molecule has 0 fully saturated rings. The van der Waals surface area contributed by atoms with E-state index in [1.54, 1.807) is 25.1 Å². The number of hydrogen-bond acceptors (Lipinski definition) is 2. The fraction of sp³-hybridized carbons (Fsp3) is 0.348. The fourth-order valence-electron chi connectivity index (χ4n) is 3.61. The van der Waals surface area contributed by atoms with E-state index >= 15 is 0 Å². The lowest BCUT2D eigenvalue weighted by atomic mass is 9.85. The van der Waals surface area contributed by atoms with Gasteiger partial charge in [-0.15, -0.1) is 0 Å². The average molecular weight is 422 g/mol. The van der Waals surface area contributed by atoms with Gasteiger partial charge in [0, 0.05) is 19.3 Å². The maximum absolute atomic E-state index is 14.0. The third-order valence-corrected chi connectivity index (χ3v) is 5.18. The van der Waals surface area contributed by atoms with Crippen molar-refractivity contribution in [2.45, 2.75) is 45.0 Å². The summed E-state index contributed by atoms with van der Waals surface area (Å²) in [4.78, 5) is 10.7. The SMILES string of the molecule is Cc1cc(CCC(=O)O)ccc1OCC1=C(c2ccc(F)c(F)c2)CCC(F)(F)C1.